The Morgan fingerprint density at radius 3 is 2.42 bits per heavy atom. The fraction of sp³-hybridized carbons (Fsp3) is 0.586. The summed E-state index contributed by atoms with van der Waals surface area (Å²) >= 11 is 0. The van der Waals surface area contributed by atoms with Gasteiger partial charge in [-0.05, 0) is 87.5 Å². The van der Waals surface area contributed by atoms with Crippen molar-refractivity contribution in [2.24, 2.45) is 23.2 Å². The van der Waals surface area contributed by atoms with Gasteiger partial charge in [-0.15, -0.1) is 0 Å². The van der Waals surface area contributed by atoms with E-state index < -0.39 is 5.41 Å². The first kappa shape index (κ1) is 25.3. The molecular formula is C29H40O4. The zero-order chi connectivity index (χ0) is 24.2. The van der Waals surface area contributed by atoms with Gasteiger partial charge in [-0.25, -0.2) is 0 Å². The number of allylic oxidation sites excluding steroid dienone is 4. The van der Waals surface area contributed by atoms with Crippen molar-refractivity contribution in [2.75, 3.05) is 14.2 Å². The lowest BCUT2D eigenvalue weighted by Gasteiger charge is -2.49. The van der Waals surface area contributed by atoms with Gasteiger partial charge < -0.3 is 9.47 Å². The van der Waals surface area contributed by atoms with Gasteiger partial charge in [0.05, 0.1) is 14.2 Å². The van der Waals surface area contributed by atoms with Gasteiger partial charge in [-0.2, -0.15) is 0 Å². The highest BCUT2D eigenvalue weighted by molar-refractivity contribution is 5.95. The third-order valence-corrected chi connectivity index (χ3v) is 8.64. The van der Waals surface area contributed by atoms with Crippen LogP contribution < -0.4 is 4.74 Å². The maximum Gasteiger partial charge on any atom is 0.305 e. The Kier molecular flexibility index (Phi) is 8.20. The topological polar surface area (TPSA) is 52.6 Å². The van der Waals surface area contributed by atoms with E-state index in [0.717, 1.165) is 37.9 Å². The van der Waals surface area contributed by atoms with Crippen LogP contribution in [0.2, 0.25) is 0 Å². The summed E-state index contributed by atoms with van der Waals surface area (Å²) < 4.78 is 10.4. The highest BCUT2D eigenvalue weighted by atomic mass is 16.5. The van der Waals surface area contributed by atoms with Crippen LogP contribution in [0, 0.1) is 23.2 Å². The first-order chi connectivity index (χ1) is 15.8. The number of hydrogen-bond acceptors (Lipinski definition) is 4. The van der Waals surface area contributed by atoms with Crippen LogP contribution in [-0.2, 0) is 14.3 Å². The van der Waals surface area contributed by atoms with Gasteiger partial charge in [0.1, 0.15) is 5.75 Å². The molecule has 1 saturated carbocycles. The Labute approximate surface area is 199 Å². The highest BCUT2D eigenvalue weighted by Crippen LogP contribution is 2.53. The first-order valence-electron chi connectivity index (χ1n) is 12.3. The van der Waals surface area contributed by atoms with Crippen LogP contribution in [0.4, 0.5) is 0 Å². The molecule has 0 aromatic heterocycles. The molecule has 0 saturated heterocycles. The molecule has 4 heteroatoms. The van der Waals surface area contributed by atoms with Crippen LogP contribution >= 0.6 is 0 Å². The average molecular weight is 453 g/mol. The largest absolute Gasteiger partial charge is 0.497 e. The fourth-order valence-corrected chi connectivity index (χ4v) is 6.27. The minimum Gasteiger partial charge on any atom is -0.497 e. The summed E-state index contributed by atoms with van der Waals surface area (Å²) in [7, 11) is 3.14. The molecule has 33 heavy (non-hydrogen) atoms. The normalized spacial score (nSPS) is 30.0. The molecule has 0 amide bonds. The van der Waals surface area contributed by atoms with E-state index in [1.807, 2.05) is 25.1 Å². The molecule has 180 valence electrons. The zero-order valence-electron chi connectivity index (χ0n) is 21.1. The van der Waals surface area contributed by atoms with Crippen molar-refractivity contribution in [3.05, 3.63) is 53.1 Å². The number of ketones is 1. The predicted molar refractivity (Wildman–Crippen MR) is 132 cm³/mol. The molecule has 2 aliphatic carbocycles. The van der Waals surface area contributed by atoms with E-state index in [0.29, 0.717) is 18.3 Å². The summed E-state index contributed by atoms with van der Waals surface area (Å²) in [5.41, 5.74) is 3.74. The number of hydrogen-bond donors (Lipinski definition) is 0. The second-order valence-corrected chi connectivity index (χ2v) is 10.1. The number of carbonyl (C=O) groups is 2. The maximum atomic E-state index is 13.3. The van der Waals surface area contributed by atoms with Gasteiger partial charge in [0.15, 0.2) is 5.78 Å². The molecular weight excluding hydrogens is 412 g/mol. The molecule has 0 spiro atoms. The molecule has 4 nitrogen and oxygen atoms in total. The molecule has 2 aliphatic rings. The van der Waals surface area contributed by atoms with Gasteiger partial charge >= 0.3 is 5.97 Å². The van der Waals surface area contributed by atoms with Crippen molar-refractivity contribution in [2.45, 2.75) is 72.1 Å². The molecule has 0 aliphatic heterocycles. The van der Waals surface area contributed by atoms with Gasteiger partial charge in [-0.3, -0.25) is 9.59 Å². The quantitative estimate of drug-likeness (QED) is 0.251. The van der Waals surface area contributed by atoms with Gasteiger partial charge in [-0.1, -0.05) is 43.2 Å². The van der Waals surface area contributed by atoms with Crippen LogP contribution in [-0.4, -0.2) is 26.0 Å². The molecule has 3 rings (SSSR count). The summed E-state index contributed by atoms with van der Waals surface area (Å²) in [6.45, 7) is 8.40. The van der Waals surface area contributed by atoms with Crippen LogP contribution in [0.15, 0.2) is 47.6 Å². The predicted octanol–water partition coefficient (Wildman–Crippen LogP) is 6.66. The summed E-state index contributed by atoms with van der Waals surface area (Å²) in [4.78, 5) is 25.7. The van der Waals surface area contributed by atoms with Crippen LogP contribution in [0.25, 0.3) is 0 Å². The zero-order valence-corrected chi connectivity index (χ0v) is 21.1. The van der Waals surface area contributed by atoms with E-state index in [1.54, 1.807) is 13.2 Å². The van der Waals surface area contributed by atoms with Crippen molar-refractivity contribution in [1.82, 2.24) is 0 Å². The van der Waals surface area contributed by atoms with Crippen molar-refractivity contribution in [1.29, 1.82) is 0 Å². The van der Waals surface area contributed by atoms with E-state index in [4.69, 9.17) is 9.47 Å². The number of carbonyl (C=O) groups excluding carboxylic acids is 2. The van der Waals surface area contributed by atoms with Crippen LogP contribution in [0.3, 0.4) is 0 Å². The summed E-state index contributed by atoms with van der Waals surface area (Å²) in [6, 6.07) is 8.41. The second-order valence-electron chi connectivity index (χ2n) is 10.1. The smallest absolute Gasteiger partial charge is 0.305 e. The van der Waals surface area contributed by atoms with Crippen LogP contribution in [0.5, 0.6) is 5.75 Å². The first-order valence-corrected chi connectivity index (χ1v) is 12.3. The van der Waals surface area contributed by atoms with Crippen molar-refractivity contribution < 1.29 is 19.1 Å². The molecule has 1 aromatic rings. The Morgan fingerprint density at radius 2 is 1.82 bits per heavy atom. The molecule has 1 fully saturated rings. The standard InChI is InChI=1S/C29H40O4/c1-7-8-27(30)29(4)19(2)9-10-23(26(29)18-28(31)33-6)17-22-13-16-25(20(22)3)21-11-14-24(32-5)15-12-21/h7-8,11-12,14-15,19,23,25-26H,9-10,13,16-18H2,1-6H3/b8-7-. The van der Waals surface area contributed by atoms with Crippen molar-refractivity contribution in [3.63, 3.8) is 0 Å². The monoisotopic (exact) mass is 452 g/mol. The van der Waals surface area contributed by atoms with Crippen molar-refractivity contribution >= 4 is 11.8 Å². The lowest BCUT2D eigenvalue weighted by Crippen LogP contribution is -2.48. The average Bonchev–Trinajstić information content (AvgIpc) is 3.18. The Morgan fingerprint density at radius 1 is 1.12 bits per heavy atom. The molecule has 0 heterocycles. The van der Waals surface area contributed by atoms with E-state index in [9.17, 15) is 9.59 Å². The number of methoxy groups -OCH3 is 2. The SMILES string of the molecule is C/C=C\C(=O)C1(C)C(C)CCC(CC2=C(C)C(c3ccc(OC)cc3)CC2)C1CC(=O)OC. The van der Waals surface area contributed by atoms with E-state index >= 15 is 0 Å². The lowest BCUT2D eigenvalue weighted by molar-refractivity contribution is -0.148. The third kappa shape index (κ3) is 5.10. The number of ether oxygens (including phenoxy) is 2. The lowest BCUT2D eigenvalue weighted by atomic mass is 9.54. The van der Waals surface area contributed by atoms with E-state index in [2.05, 4.69) is 32.9 Å². The second kappa shape index (κ2) is 10.7. The summed E-state index contributed by atoms with van der Waals surface area (Å²) in [5, 5.41) is 0. The molecule has 0 bridgehead atoms. The summed E-state index contributed by atoms with van der Waals surface area (Å²) in [5.74, 6) is 1.76. The van der Waals surface area contributed by atoms with Gasteiger partial charge in [0.2, 0.25) is 0 Å². The summed E-state index contributed by atoms with van der Waals surface area (Å²) in [6.07, 6.45) is 9.05. The molecule has 1 aromatic carbocycles. The van der Waals surface area contributed by atoms with Crippen LogP contribution in [0.1, 0.15) is 77.7 Å². The number of rotatable bonds is 8. The minimum atomic E-state index is -0.550. The van der Waals surface area contributed by atoms with Gasteiger partial charge in [0, 0.05) is 17.8 Å². The van der Waals surface area contributed by atoms with E-state index in [1.165, 1.54) is 23.8 Å². The molecule has 5 unspecified atom stereocenters. The molecule has 0 N–H and O–H groups in total. The van der Waals surface area contributed by atoms with Gasteiger partial charge in [0.25, 0.3) is 0 Å². The molecule has 0 radical (unpaired) electrons. The minimum absolute atomic E-state index is 0.0160. The Hall–Kier alpha value is -2.36. The fourth-order valence-electron chi connectivity index (χ4n) is 6.27. The molecule has 5 atom stereocenters. The Bertz CT molecular complexity index is 910. The van der Waals surface area contributed by atoms with Crippen molar-refractivity contribution in [3.8, 4) is 5.75 Å². The number of benzene rings is 1. The number of esters is 1. The Balaban J connectivity index is 1.88. The van der Waals surface area contributed by atoms with E-state index in [-0.39, 0.29) is 23.6 Å². The third-order valence-electron chi connectivity index (χ3n) is 8.64. The highest BCUT2D eigenvalue weighted by Gasteiger charge is 2.51. The maximum absolute atomic E-state index is 13.3.